The van der Waals surface area contributed by atoms with Gasteiger partial charge in [-0.1, -0.05) is 0 Å². The molecule has 0 spiro atoms. The lowest BCUT2D eigenvalue weighted by molar-refractivity contribution is 0.0689. The monoisotopic (exact) mass is 249 g/mol. The van der Waals surface area contributed by atoms with Gasteiger partial charge in [-0.05, 0) is 34.7 Å². The van der Waals surface area contributed by atoms with Crippen LogP contribution in [0.25, 0.3) is 0 Å². The van der Waals surface area contributed by atoms with Gasteiger partial charge in [-0.25, -0.2) is 9.78 Å². The molecule has 3 nitrogen and oxygen atoms in total. The molecule has 4 heteroatoms. The van der Waals surface area contributed by atoms with E-state index in [9.17, 15) is 4.79 Å². The fourth-order valence-electron chi connectivity index (χ4n) is 0.543. The molecule has 0 radical (unpaired) electrons. The van der Waals surface area contributed by atoms with Gasteiger partial charge in [0, 0.05) is 9.77 Å². The van der Waals surface area contributed by atoms with Crippen LogP contribution in [-0.4, -0.2) is 16.1 Å². The predicted molar refractivity (Wildman–Crippen MR) is 43.9 cm³/mol. The molecule has 0 fully saturated rings. The Bertz CT molecular complexity index is 262. The van der Waals surface area contributed by atoms with Crippen LogP contribution in [0.3, 0.4) is 0 Å². The number of carboxylic acid groups (broad SMARTS) is 1. The summed E-state index contributed by atoms with van der Waals surface area (Å²) in [5.74, 6) is -0.981. The molecular weight excluding hydrogens is 245 g/mol. The fraction of sp³-hybridized carbons (Fsp3) is 0. The summed E-state index contributed by atoms with van der Waals surface area (Å²) in [7, 11) is 0. The minimum atomic E-state index is -0.981. The molecule has 1 aromatic rings. The minimum Gasteiger partial charge on any atom is -0.476 e. The molecule has 0 aromatic carbocycles. The van der Waals surface area contributed by atoms with Crippen molar-refractivity contribution in [3.05, 3.63) is 27.6 Å². The van der Waals surface area contributed by atoms with Gasteiger partial charge >= 0.3 is 5.97 Å². The molecule has 0 atom stereocenters. The van der Waals surface area contributed by atoms with E-state index in [1.165, 1.54) is 6.20 Å². The van der Waals surface area contributed by atoms with Gasteiger partial charge in [0.05, 0.1) is 0 Å². The Morgan fingerprint density at radius 3 is 2.80 bits per heavy atom. The predicted octanol–water partition coefficient (Wildman–Crippen LogP) is 1.38. The molecule has 0 aliphatic rings. The summed E-state index contributed by atoms with van der Waals surface area (Å²) in [5.41, 5.74) is 0.114. The standard InChI is InChI=1S/C6H4INO2/c7-4-2-1-3-8-5(4)6(9)10/h1-3H,(H,9,10). The van der Waals surface area contributed by atoms with Crippen LogP contribution >= 0.6 is 22.6 Å². The van der Waals surface area contributed by atoms with Crippen LogP contribution in [-0.2, 0) is 0 Å². The molecule has 0 saturated heterocycles. The van der Waals surface area contributed by atoms with Gasteiger partial charge in [-0.15, -0.1) is 0 Å². The van der Waals surface area contributed by atoms with Crippen LogP contribution in [0.15, 0.2) is 18.3 Å². The Hall–Kier alpha value is -0.650. The number of pyridine rings is 1. The molecule has 52 valence electrons. The lowest BCUT2D eigenvalue weighted by Gasteiger charge is -1.93. The number of hydrogen-bond donors (Lipinski definition) is 1. The zero-order valence-electron chi connectivity index (χ0n) is 4.91. The normalized spacial score (nSPS) is 9.30. The van der Waals surface area contributed by atoms with E-state index in [0.717, 1.165) is 0 Å². The first-order chi connectivity index (χ1) is 4.72. The van der Waals surface area contributed by atoms with Gasteiger partial charge < -0.3 is 5.11 Å². The number of rotatable bonds is 1. The van der Waals surface area contributed by atoms with Crippen molar-refractivity contribution < 1.29 is 9.90 Å². The first kappa shape index (κ1) is 7.46. The second-order valence-corrected chi connectivity index (χ2v) is 2.80. The summed E-state index contributed by atoms with van der Waals surface area (Å²) >= 11 is 1.93. The smallest absolute Gasteiger partial charge is 0.355 e. The van der Waals surface area contributed by atoms with E-state index in [2.05, 4.69) is 4.98 Å². The summed E-state index contributed by atoms with van der Waals surface area (Å²) in [6.45, 7) is 0. The molecule has 0 unspecified atom stereocenters. The summed E-state index contributed by atoms with van der Waals surface area (Å²) in [6.07, 6.45) is 1.46. The third-order valence-corrected chi connectivity index (χ3v) is 1.83. The summed E-state index contributed by atoms with van der Waals surface area (Å²) in [5, 5.41) is 8.50. The van der Waals surface area contributed by atoms with Crippen molar-refractivity contribution >= 4 is 28.6 Å². The van der Waals surface area contributed by atoms with E-state index >= 15 is 0 Å². The fourth-order valence-corrected chi connectivity index (χ4v) is 1.12. The van der Waals surface area contributed by atoms with Gasteiger partial charge in [0.25, 0.3) is 0 Å². The number of halogens is 1. The van der Waals surface area contributed by atoms with Crippen LogP contribution in [0.2, 0.25) is 0 Å². The van der Waals surface area contributed by atoms with Crippen molar-refractivity contribution in [3.8, 4) is 0 Å². The average molecular weight is 249 g/mol. The highest BCUT2D eigenvalue weighted by atomic mass is 127. The molecule has 1 rings (SSSR count). The number of aromatic nitrogens is 1. The Balaban J connectivity index is 3.15. The topological polar surface area (TPSA) is 50.2 Å². The van der Waals surface area contributed by atoms with Crippen molar-refractivity contribution in [3.63, 3.8) is 0 Å². The summed E-state index contributed by atoms with van der Waals surface area (Å²) in [6, 6.07) is 3.41. The zero-order valence-corrected chi connectivity index (χ0v) is 7.07. The Morgan fingerprint density at radius 1 is 1.70 bits per heavy atom. The minimum absolute atomic E-state index is 0.114. The lowest BCUT2D eigenvalue weighted by Crippen LogP contribution is -2.01. The van der Waals surface area contributed by atoms with Crippen molar-refractivity contribution in [1.29, 1.82) is 0 Å². The van der Waals surface area contributed by atoms with E-state index in [-0.39, 0.29) is 5.69 Å². The van der Waals surface area contributed by atoms with Crippen molar-refractivity contribution in [2.75, 3.05) is 0 Å². The summed E-state index contributed by atoms with van der Waals surface area (Å²) < 4.78 is 0.660. The zero-order chi connectivity index (χ0) is 7.56. The third kappa shape index (κ3) is 1.44. The van der Waals surface area contributed by atoms with Gasteiger partial charge in [0.2, 0.25) is 0 Å². The average Bonchev–Trinajstić information content (AvgIpc) is 1.88. The van der Waals surface area contributed by atoms with E-state index in [0.29, 0.717) is 3.57 Å². The number of carbonyl (C=O) groups is 1. The van der Waals surface area contributed by atoms with Crippen LogP contribution in [0.1, 0.15) is 10.5 Å². The molecule has 1 N–H and O–H groups in total. The van der Waals surface area contributed by atoms with E-state index in [4.69, 9.17) is 5.11 Å². The van der Waals surface area contributed by atoms with Gasteiger partial charge in [-0.3, -0.25) is 0 Å². The molecule has 10 heavy (non-hydrogen) atoms. The highest BCUT2D eigenvalue weighted by Crippen LogP contribution is 2.07. The Morgan fingerprint density at radius 2 is 2.40 bits per heavy atom. The highest BCUT2D eigenvalue weighted by Gasteiger charge is 2.06. The summed E-state index contributed by atoms with van der Waals surface area (Å²) in [4.78, 5) is 14.0. The van der Waals surface area contributed by atoms with Crippen LogP contribution in [0.5, 0.6) is 0 Å². The maximum absolute atomic E-state index is 10.4. The molecule has 0 bridgehead atoms. The molecule has 0 aliphatic heterocycles. The first-order valence-corrected chi connectivity index (χ1v) is 3.63. The maximum atomic E-state index is 10.4. The number of aromatic carboxylic acids is 1. The molecule has 0 saturated carbocycles. The van der Waals surface area contributed by atoms with Crippen LogP contribution < -0.4 is 0 Å². The van der Waals surface area contributed by atoms with Gasteiger partial charge in [-0.2, -0.15) is 0 Å². The van der Waals surface area contributed by atoms with Crippen molar-refractivity contribution in [2.45, 2.75) is 0 Å². The Kier molecular flexibility index (Phi) is 2.21. The van der Waals surface area contributed by atoms with Crippen LogP contribution in [0.4, 0.5) is 0 Å². The Labute approximate surface area is 71.2 Å². The SMILES string of the molecule is O=C(O)c1ncccc1I. The molecule has 0 amide bonds. The van der Waals surface area contributed by atoms with E-state index < -0.39 is 5.97 Å². The largest absolute Gasteiger partial charge is 0.476 e. The number of nitrogens with zero attached hydrogens (tertiary/aromatic N) is 1. The van der Waals surface area contributed by atoms with Crippen LogP contribution in [0, 0.1) is 3.57 Å². The molecule has 1 aromatic heterocycles. The van der Waals surface area contributed by atoms with Crippen molar-refractivity contribution in [2.24, 2.45) is 0 Å². The number of hydrogen-bond acceptors (Lipinski definition) is 2. The van der Waals surface area contributed by atoms with E-state index in [1.54, 1.807) is 12.1 Å². The highest BCUT2D eigenvalue weighted by molar-refractivity contribution is 14.1. The van der Waals surface area contributed by atoms with Gasteiger partial charge in [0.15, 0.2) is 5.69 Å². The second kappa shape index (κ2) is 2.96. The number of carboxylic acids is 1. The molecule has 0 aliphatic carbocycles. The third-order valence-electron chi connectivity index (χ3n) is 0.961. The molecular formula is C6H4INO2. The lowest BCUT2D eigenvalue weighted by atomic mass is 10.4. The molecule has 1 heterocycles. The first-order valence-electron chi connectivity index (χ1n) is 2.55. The quantitative estimate of drug-likeness (QED) is 0.765. The van der Waals surface area contributed by atoms with Crippen molar-refractivity contribution in [1.82, 2.24) is 4.98 Å². The van der Waals surface area contributed by atoms with Gasteiger partial charge in [0.1, 0.15) is 0 Å². The maximum Gasteiger partial charge on any atom is 0.355 e. The second-order valence-electron chi connectivity index (χ2n) is 1.64. The van der Waals surface area contributed by atoms with E-state index in [1.807, 2.05) is 22.6 Å².